The molecule has 4 aromatic heterocycles. The van der Waals surface area contributed by atoms with Gasteiger partial charge in [-0.25, -0.2) is 14.8 Å². The van der Waals surface area contributed by atoms with Crippen LogP contribution >= 0.6 is 11.6 Å². The second kappa shape index (κ2) is 11.0. The van der Waals surface area contributed by atoms with Crippen LogP contribution in [-0.4, -0.2) is 60.9 Å². The number of carboxylic acids is 1. The molecule has 37 heavy (non-hydrogen) atoms. The number of anilines is 3. The minimum Gasteiger partial charge on any atom is -0.475 e. The van der Waals surface area contributed by atoms with E-state index in [1.54, 1.807) is 29.3 Å². The molecule has 0 spiro atoms. The van der Waals surface area contributed by atoms with Crippen LogP contribution in [0.4, 0.5) is 30.5 Å². The van der Waals surface area contributed by atoms with Crippen LogP contribution in [0.1, 0.15) is 12.8 Å². The van der Waals surface area contributed by atoms with Crippen LogP contribution in [-0.2, 0) is 4.79 Å². The lowest BCUT2D eigenvalue weighted by molar-refractivity contribution is -0.192. The summed E-state index contributed by atoms with van der Waals surface area (Å²) < 4.78 is 33.5. The zero-order valence-electron chi connectivity index (χ0n) is 19.2. The van der Waals surface area contributed by atoms with Gasteiger partial charge >= 0.3 is 12.1 Å². The number of nitrogens with zero attached hydrogens (tertiary/aromatic N) is 6. The maximum Gasteiger partial charge on any atom is 0.490 e. The second-order valence-corrected chi connectivity index (χ2v) is 8.51. The van der Waals surface area contributed by atoms with E-state index in [-0.39, 0.29) is 6.04 Å². The quantitative estimate of drug-likeness (QED) is 0.330. The Morgan fingerprint density at radius 1 is 1.16 bits per heavy atom. The van der Waals surface area contributed by atoms with Crippen LogP contribution in [0, 0.1) is 0 Å². The summed E-state index contributed by atoms with van der Waals surface area (Å²) in [4.78, 5) is 24.1. The molecule has 14 heteroatoms. The molecular weight excluding hydrogens is 513 g/mol. The van der Waals surface area contributed by atoms with E-state index < -0.39 is 12.1 Å². The minimum absolute atomic E-state index is 0.181. The van der Waals surface area contributed by atoms with Crippen molar-refractivity contribution in [3.63, 3.8) is 0 Å². The molecule has 0 aromatic carbocycles. The first-order valence-corrected chi connectivity index (χ1v) is 11.5. The van der Waals surface area contributed by atoms with Gasteiger partial charge in [-0.05, 0) is 43.2 Å². The van der Waals surface area contributed by atoms with Gasteiger partial charge in [0.2, 0.25) is 5.95 Å². The minimum atomic E-state index is -5.08. The maximum absolute atomic E-state index is 10.6. The van der Waals surface area contributed by atoms with Gasteiger partial charge in [-0.2, -0.15) is 22.8 Å². The normalized spacial score (nSPS) is 15.7. The number of aliphatic carboxylic acids is 1. The number of aromatic nitrogens is 5. The van der Waals surface area contributed by atoms with Crippen molar-refractivity contribution in [1.29, 1.82) is 0 Å². The van der Waals surface area contributed by atoms with Gasteiger partial charge in [0.25, 0.3) is 0 Å². The number of alkyl halides is 3. The molecule has 4 N–H and O–H groups in total. The molecule has 194 valence electrons. The van der Waals surface area contributed by atoms with Crippen molar-refractivity contribution in [2.24, 2.45) is 5.73 Å². The first-order valence-electron chi connectivity index (χ1n) is 11.1. The fourth-order valence-electron chi connectivity index (χ4n) is 3.80. The highest BCUT2D eigenvalue weighted by Gasteiger charge is 2.38. The number of carbonyl (C=O) groups is 1. The lowest BCUT2D eigenvalue weighted by Crippen LogP contribution is -2.43. The summed E-state index contributed by atoms with van der Waals surface area (Å²) in [6.45, 7) is 1.79. The van der Waals surface area contributed by atoms with E-state index in [1.807, 2.05) is 30.3 Å². The number of nitrogens with two attached hydrogens (primary N) is 1. The largest absolute Gasteiger partial charge is 0.490 e. The van der Waals surface area contributed by atoms with Crippen molar-refractivity contribution < 1.29 is 23.1 Å². The number of nitrogens with one attached hydrogen (secondary N) is 1. The number of rotatable bonds is 4. The van der Waals surface area contributed by atoms with Gasteiger partial charge in [0.05, 0.1) is 35.0 Å². The highest BCUT2D eigenvalue weighted by Crippen LogP contribution is 2.30. The smallest absolute Gasteiger partial charge is 0.475 e. The summed E-state index contributed by atoms with van der Waals surface area (Å²) in [6, 6.07) is 9.79. The molecule has 0 amide bonds. The lowest BCUT2D eigenvalue weighted by Gasteiger charge is -2.33. The number of imidazole rings is 1. The zero-order chi connectivity index (χ0) is 26.6. The molecule has 1 atom stereocenters. The third kappa shape index (κ3) is 6.24. The number of carboxylic acid groups (broad SMARTS) is 1. The van der Waals surface area contributed by atoms with E-state index in [1.165, 1.54) is 0 Å². The molecule has 1 fully saturated rings. The standard InChI is InChI=1S/C21H21ClN8.C2HF3O2/c22-20-16(4-1-8-25-20)17-6-5-15-11-26-21(30(15)28-17)27-18-12-24-9-7-19(18)29-10-2-3-14(23)13-29;3-2(4,5)1(6)7/h1,4-9,11-12,14H,2-3,10,13,23H2,(H,26,27);(H,6,7)/t14-;/m0./s1. The fourth-order valence-corrected chi connectivity index (χ4v) is 4.01. The van der Waals surface area contributed by atoms with Crippen LogP contribution < -0.4 is 16.0 Å². The summed E-state index contributed by atoms with van der Waals surface area (Å²) in [5, 5.41) is 15.7. The molecule has 0 bridgehead atoms. The van der Waals surface area contributed by atoms with Gasteiger partial charge in [-0.1, -0.05) is 11.6 Å². The van der Waals surface area contributed by atoms with Crippen molar-refractivity contribution in [2.75, 3.05) is 23.3 Å². The van der Waals surface area contributed by atoms with Crippen molar-refractivity contribution in [3.05, 3.63) is 60.3 Å². The van der Waals surface area contributed by atoms with E-state index >= 15 is 0 Å². The summed E-state index contributed by atoms with van der Waals surface area (Å²) >= 11 is 6.26. The van der Waals surface area contributed by atoms with Crippen molar-refractivity contribution in [1.82, 2.24) is 24.6 Å². The van der Waals surface area contributed by atoms with Gasteiger partial charge in [0.1, 0.15) is 5.15 Å². The Bertz CT molecular complexity index is 1400. The summed E-state index contributed by atoms with van der Waals surface area (Å²) in [5.74, 6) is -2.16. The molecule has 0 unspecified atom stereocenters. The van der Waals surface area contributed by atoms with Gasteiger partial charge in [-0.15, -0.1) is 0 Å². The third-order valence-electron chi connectivity index (χ3n) is 5.50. The number of halogens is 4. The predicted molar refractivity (Wildman–Crippen MR) is 132 cm³/mol. The van der Waals surface area contributed by atoms with Crippen LogP contribution in [0.2, 0.25) is 5.15 Å². The fraction of sp³-hybridized carbons (Fsp3) is 0.261. The van der Waals surface area contributed by atoms with Crippen molar-refractivity contribution >= 4 is 40.4 Å². The third-order valence-corrected chi connectivity index (χ3v) is 5.81. The molecule has 0 radical (unpaired) electrons. The Morgan fingerprint density at radius 2 is 1.95 bits per heavy atom. The molecule has 10 nitrogen and oxygen atoms in total. The Morgan fingerprint density at radius 3 is 2.65 bits per heavy atom. The summed E-state index contributed by atoms with van der Waals surface area (Å²) in [7, 11) is 0. The molecule has 1 aliphatic rings. The van der Waals surface area contributed by atoms with Crippen molar-refractivity contribution in [2.45, 2.75) is 25.1 Å². The van der Waals surface area contributed by atoms with Gasteiger partial charge < -0.3 is 21.1 Å². The van der Waals surface area contributed by atoms with Crippen LogP contribution in [0.5, 0.6) is 0 Å². The molecule has 5 heterocycles. The first-order chi connectivity index (χ1) is 17.6. The van der Waals surface area contributed by atoms with E-state index in [4.69, 9.17) is 32.3 Å². The number of pyridine rings is 2. The Kier molecular flexibility index (Phi) is 7.74. The average Bonchev–Trinajstić information content (AvgIpc) is 3.26. The van der Waals surface area contributed by atoms with Crippen LogP contribution in [0.15, 0.2) is 55.1 Å². The topological polar surface area (TPSA) is 135 Å². The number of hydrogen-bond acceptors (Lipinski definition) is 8. The summed E-state index contributed by atoms with van der Waals surface area (Å²) in [5.41, 5.74) is 10.5. The van der Waals surface area contributed by atoms with Crippen molar-refractivity contribution in [3.8, 4) is 11.3 Å². The predicted octanol–water partition coefficient (Wildman–Crippen LogP) is 4.14. The molecule has 0 saturated carbocycles. The zero-order valence-corrected chi connectivity index (χ0v) is 20.0. The Hall–Kier alpha value is -3.97. The van der Waals surface area contributed by atoms with E-state index in [0.717, 1.165) is 54.1 Å². The first kappa shape index (κ1) is 26.1. The number of hydrogen-bond donors (Lipinski definition) is 3. The molecule has 4 aromatic rings. The van der Waals surface area contributed by atoms with Crippen LogP contribution in [0.3, 0.4) is 0 Å². The average molecular weight is 535 g/mol. The summed E-state index contributed by atoms with van der Waals surface area (Å²) in [6.07, 6.45) is 4.08. The van der Waals surface area contributed by atoms with Crippen LogP contribution in [0.25, 0.3) is 16.8 Å². The maximum atomic E-state index is 10.6. The van der Waals surface area contributed by atoms with E-state index in [2.05, 4.69) is 25.2 Å². The highest BCUT2D eigenvalue weighted by atomic mass is 35.5. The van der Waals surface area contributed by atoms with E-state index in [9.17, 15) is 13.2 Å². The van der Waals surface area contributed by atoms with E-state index in [0.29, 0.717) is 11.1 Å². The second-order valence-electron chi connectivity index (χ2n) is 8.15. The number of fused-ring (bicyclic) bond motifs is 1. The van der Waals surface area contributed by atoms with Gasteiger partial charge in [-0.3, -0.25) is 4.98 Å². The Balaban J connectivity index is 0.000000405. The molecule has 1 saturated heterocycles. The van der Waals surface area contributed by atoms with Gasteiger partial charge in [0, 0.05) is 37.1 Å². The monoisotopic (exact) mass is 534 g/mol. The molecule has 1 aliphatic heterocycles. The SMILES string of the molecule is N[C@H]1CCCN(c2ccncc2Nc2ncc3ccc(-c4cccnc4Cl)nn23)C1.O=C(O)C(F)(F)F. The van der Waals surface area contributed by atoms with Gasteiger partial charge in [0.15, 0.2) is 0 Å². The Labute approximate surface area is 213 Å². The lowest BCUT2D eigenvalue weighted by atomic mass is 10.1. The number of piperidine rings is 1. The molecule has 5 rings (SSSR count). The highest BCUT2D eigenvalue weighted by molar-refractivity contribution is 6.32. The molecular formula is C23H22ClF3N8O2. The molecule has 0 aliphatic carbocycles.